The Bertz CT molecular complexity index is 1200. The van der Waals surface area contributed by atoms with Crippen LogP contribution in [0.15, 0.2) is 48.8 Å². The lowest BCUT2D eigenvalue weighted by molar-refractivity contribution is 0.0447. The minimum atomic E-state index is -0.337. The van der Waals surface area contributed by atoms with Crippen LogP contribution in [0, 0.1) is 5.82 Å². The van der Waals surface area contributed by atoms with Crippen LogP contribution < -0.4 is 4.74 Å². The Balaban J connectivity index is 1.44. The summed E-state index contributed by atoms with van der Waals surface area (Å²) < 4.78 is 19.5. The van der Waals surface area contributed by atoms with Crippen molar-refractivity contribution in [1.82, 2.24) is 25.1 Å². The molecule has 1 fully saturated rings. The fraction of sp³-hybridized carbons (Fsp3) is 0.190. The molecule has 1 saturated heterocycles. The standard InChI is InChI=1S/C21H18FN5O2/c1-29-14-3-4-16(22)15(9-14)19-6-7-27(19)21(28)18-8-12-2-5-17(25-20(12)26-18)13-10-23-24-11-13/h2-5,8-11,19H,6-7H2,1H3,(H,23,24)(H,25,26)/t19-/m1/s1. The van der Waals surface area contributed by atoms with E-state index in [1.54, 1.807) is 35.5 Å². The number of benzene rings is 1. The number of H-pyrrole nitrogens is 2. The van der Waals surface area contributed by atoms with Gasteiger partial charge in [0, 0.05) is 29.3 Å². The summed E-state index contributed by atoms with van der Waals surface area (Å²) in [5, 5.41) is 7.54. The van der Waals surface area contributed by atoms with Crippen LogP contribution in [0.3, 0.4) is 0 Å². The average molecular weight is 391 g/mol. The molecule has 0 saturated carbocycles. The highest BCUT2D eigenvalue weighted by Gasteiger charge is 2.36. The molecule has 0 unspecified atom stereocenters. The van der Waals surface area contributed by atoms with Crippen LogP contribution in [0.2, 0.25) is 0 Å². The summed E-state index contributed by atoms with van der Waals surface area (Å²) in [6.07, 6.45) is 4.16. The first-order valence-electron chi connectivity index (χ1n) is 9.27. The molecule has 4 heterocycles. The largest absolute Gasteiger partial charge is 0.497 e. The molecule has 7 nitrogen and oxygen atoms in total. The van der Waals surface area contributed by atoms with E-state index in [1.807, 2.05) is 12.1 Å². The number of likely N-dealkylation sites (tertiary alicyclic amines) is 1. The van der Waals surface area contributed by atoms with Crippen LogP contribution in [0.1, 0.15) is 28.5 Å². The molecule has 0 aliphatic carbocycles. The van der Waals surface area contributed by atoms with Gasteiger partial charge in [0.1, 0.15) is 22.9 Å². The van der Waals surface area contributed by atoms with E-state index in [2.05, 4.69) is 20.2 Å². The maximum atomic E-state index is 14.3. The smallest absolute Gasteiger partial charge is 0.270 e. The number of hydrogen-bond donors (Lipinski definition) is 2. The van der Waals surface area contributed by atoms with Crippen molar-refractivity contribution < 1.29 is 13.9 Å². The predicted octanol–water partition coefficient (Wildman–Crippen LogP) is 3.69. The summed E-state index contributed by atoms with van der Waals surface area (Å²) in [7, 11) is 1.54. The molecule has 1 aliphatic heterocycles. The fourth-order valence-electron chi connectivity index (χ4n) is 3.69. The molecule has 1 amide bonds. The van der Waals surface area contributed by atoms with E-state index in [0.29, 0.717) is 35.6 Å². The molecule has 0 spiro atoms. The quantitative estimate of drug-likeness (QED) is 0.556. The zero-order valence-corrected chi connectivity index (χ0v) is 15.6. The van der Waals surface area contributed by atoms with E-state index in [1.165, 1.54) is 13.2 Å². The average Bonchev–Trinajstić information content (AvgIpc) is 3.38. The van der Waals surface area contributed by atoms with Gasteiger partial charge in [-0.3, -0.25) is 9.89 Å². The monoisotopic (exact) mass is 391 g/mol. The van der Waals surface area contributed by atoms with Crippen molar-refractivity contribution in [3.05, 3.63) is 65.9 Å². The van der Waals surface area contributed by atoms with Gasteiger partial charge in [-0.2, -0.15) is 5.10 Å². The lowest BCUT2D eigenvalue weighted by Crippen LogP contribution is -2.45. The third-order valence-electron chi connectivity index (χ3n) is 5.35. The number of aromatic amines is 2. The molecule has 4 aromatic rings. The Morgan fingerprint density at radius 3 is 2.90 bits per heavy atom. The van der Waals surface area contributed by atoms with Crippen LogP contribution >= 0.6 is 0 Å². The van der Waals surface area contributed by atoms with E-state index >= 15 is 0 Å². The van der Waals surface area contributed by atoms with Gasteiger partial charge in [0.05, 0.1) is 25.0 Å². The normalized spacial score (nSPS) is 16.1. The van der Waals surface area contributed by atoms with Crippen LogP contribution in [-0.4, -0.2) is 44.6 Å². The summed E-state index contributed by atoms with van der Waals surface area (Å²) in [5.74, 6) is 0.0602. The lowest BCUT2D eigenvalue weighted by atomic mass is 9.93. The number of aromatic nitrogens is 4. The first-order chi connectivity index (χ1) is 14.1. The molecular formula is C21H18FN5O2. The van der Waals surface area contributed by atoms with E-state index < -0.39 is 0 Å². The molecule has 1 aromatic carbocycles. The van der Waals surface area contributed by atoms with Gasteiger partial charge in [-0.05, 0) is 42.8 Å². The molecule has 2 N–H and O–H groups in total. The topological polar surface area (TPSA) is 86.9 Å². The van der Waals surface area contributed by atoms with Crippen molar-refractivity contribution in [2.75, 3.05) is 13.7 Å². The number of hydrogen-bond acceptors (Lipinski definition) is 4. The summed E-state index contributed by atoms with van der Waals surface area (Å²) in [4.78, 5) is 22.4. The Labute approximate surface area is 165 Å². The first-order valence-corrected chi connectivity index (χ1v) is 9.27. The number of methoxy groups -OCH3 is 1. The van der Waals surface area contributed by atoms with E-state index in [0.717, 1.165) is 16.6 Å². The van der Waals surface area contributed by atoms with Gasteiger partial charge in [0.25, 0.3) is 5.91 Å². The zero-order chi connectivity index (χ0) is 20.0. The number of fused-ring (bicyclic) bond motifs is 1. The Morgan fingerprint density at radius 1 is 1.28 bits per heavy atom. The van der Waals surface area contributed by atoms with Crippen LogP contribution in [0.5, 0.6) is 5.75 Å². The number of ether oxygens (including phenoxy) is 1. The molecule has 5 rings (SSSR count). The minimum absolute atomic E-state index is 0.175. The van der Waals surface area contributed by atoms with Crippen molar-refractivity contribution in [2.24, 2.45) is 0 Å². The van der Waals surface area contributed by atoms with Gasteiger partial charge in [-0.1, -0.05) is 0 Å². The van der Waals surface area contributed by atoms with Crippen LogP contribution in [0.25, 0.3) is 22.3 Å². The van der Waals surface area contributed by atoms with Crippen molar-refractivity contribution in [3.63, 3.8) is 0 Å². The molecular weight excluding hydrogens is 373 g/mol. The summed E-state index contributed by atoms with van der Waals surface area (Å²) in [5.41, 5.74) is 3.15. The minimum Gasteiger partial charge on any atom is -0.497 e. The van der Waals surface area contributed by atoms with Gasteiger partial charge in [0.2, 0.25) is 0 Å². The number of carbonyl (C=O) groups is 1. The highest BCUT2D eigenvalue weighted by Crippen LogP contribution is 2.37. The maximum absolute atomic E-state index is 14.3. The SMILES string of the molecule is COc1ccc(F)c([C@H]2CCN2C(=O)c2cc3ccc(-c4cn[nH]c4)nc3[nH]2)c1. The summed E-state index contributed by atoms with van der Waals surface area (Å²) in [6, 6.07) is 9.87. The molecule has 3 aromatic heterocycles. The number of halogens is 1. The predicted molar refractivity (Wildman–Crippen MR) is 105 cm³/mol. The number of carbonyl (C=O) groups excluding carboxylic acids is 1. The second-order valence-corrected chi connectivity index (χ2v) is 6.99. The maximum Gasteiger partial charge on any atom is 0.270 e. The molecule has 1 atom stereocenters. The third kappa shape index (κ3) is 2.93. The number of pyridine rings is 1. The molecule has 146 valence electrons. The molecule has 1 aliphatic rings. The van der Waals surface area contributed by atoms with E-state index in [4.69, 9.17) is 4.74 Å². The third-order valence-corrected chi connectivity index (χ3v) is 5.35. The van der Waals surface area contributed by atoms with Gasteiger partial charge in [0.15, 0.2) is 0 Å². The summed E-state index contributed by atoms with van der Waals surface area (Å²) >= 11 is 0. The Morgan fingerprint density at radius 2 is 2.17 bits per heavy atom. The van der Waals surface area contributed by atoms with E-state index in [-0.39, 0.29) is 17.8 Å². The van der Waals surface area contributed by atoms with Gasteiger partial charge >= 0.3 is 0 Å². The van der Waals surface area contributed by atoms with Crippen LogP contribution in [-0.2, 0) is 0 Å². The van der Waals surface area contributed by atoms with Gasteiger partial charge in [-0.15, -0.1) is 0 Å². The van der Waals surface area contributed by atoms with Crippen molar-refractivity contribution >= 4 is 16.9 Å². The molecule has 8 heteroatoms. The second-order valence-electron chi connectivity index (χ2n) is 6.99. The zero-order valence-electron chi connectivity index (χ0n) is 15.6. The summed E-state index contributed by atoms with van der Waals surface area (Å²) in [6.45, 7) is 0.573. The Hall–Kier alpha value is -3.68. The molecule has 0 bridgehead atoms. The van der Waals surface area contributed by atoms with Crippen molar-refractivity contribution in [1.29, 1.82) is 0 Å². The number of nitrogens with zero attached hydrogens (tertiary/aromatic N) is 3. The van der Waals surface area contributed by atoms with Gasteiger partial charge < -0.3 is 14.6 Å². The van der Waals surface area contributed by atoms with Crippen LogP contribution in [0.4, 0.5) is 4.39 Å². The first kappa shape index (κ1) is 17.4. The second kappa shape index (κ2) is 6.73. The number of rotatable bonds is 4. The highest BCUT2D eigenvalue weighted by atomic mass is 19.1. The molecule has 0 radical (unpaired) electrons. The number of nitrogens with one attached hydrogen (secondary N) is 2. The lowest BCUT2D eigenvalue weighted by Gasteiger charge is -2.41. The number of amides is 1. The fourth-order valence-corrected chi connectivity index (χ4v) is 3.69. The van der Waals surface area contributed by atoms with Gasteiger partial charge in [-0.25, -0.2) is 9.37 Å². The van der Waals surface area contributed by atoms with Crippen molar-refractivity contribution in [3.8, 4) is 17.0 Å². The van der Waals surface area contributed by atoms with Crippen molar-refractivity contribution in [2.45, 2.75) is 12.5 Å². The van der Waals surface area contributed by atoms with E-state index in [9.17, 15) is 9.18 Å². The highest BCUT2D eigenvalue weighted by molar-refractivity contribution is 5.98. The Kier molecular flexibility index (Phi) is 4.04. The molecule has 29 heavy (non-hydrogen) atoms.